The molecule has 2 amide bonds. The second-order valence-electron chi connectivity index (χ2n) is 6.93. The predicted octanol–water partition coefficient (Wildman–Crippen LogP) is 3.23. The number of rotatable bonds is 6. The molecule has 4 heteroatoms. The SMILES string of the molecule is CN(CC1CC(O)C1)C(=O)NCC(c1ccccc1)c1ccccc1. The van der Waals surface area contributed by atoms with E-state index in [2.05, 4.69) is 29.6 Å². The number of carbonyl (C=O) groups is 1. The number of hydrogen-bond donors (Lipinski definition) is 2. The molecule has 2 aromatic rings. The van der Waals surface area contributed by atoms with Crippen molar-refractivity contribution < 1.29 is 9.90 Å². The maximum atomic E-state index is 12.4. The summed E-state index contributed by atoms with van der Waals surface area (Å²) in [6.45, 7) is 1.26. The first-order chi connectivity index (χ1) is 12.1. The topological polar surface area (TPSA) is 52.6 Å². The molecule has 2 N–H and O–H groups in total. The normalized spacial score (nSPS) is 19.3. The number of nitrogens with zero attached hydrogens (tertiary/aromatic N) is 1. The van der Waals surface area contributed by atoms with E-state index in [-0.39, 0.29) is 18.1 Å². The van der Waals surface area contributed by atoms with Crippen LogP contribution in [-0.4, -0.2) is 42.3 Å². The second-order valence-corrected chi connectivity index (χ2v) is 6.93. The molecule has 0 radical (unpaired) electrons. The predicted molar refractivity (Wildman–Crippen MR) is 99.5 cm³/mol. The Hall–Kier alpha value is -2.33. The molecular weight excluding hydrogens is 312 g/mol. The smallest absolute Gasteiger partial charge is 0.317 e. The number of carbonyl (C=O) groups excluding carboxylic acids is 1. The van der Waals surface area contributed by atoms with Crippen LogP contribution in [0.1, 0.15) is 29.9 Å². The second kappa shape index (κ2) is 8.17. The van der Waals surface area contributed by atoms with Gasteiger partial charge in [-0.05, 0) is 29.9 Å². The van der Waals surface area contributed by atoms with Crippen molar-refractivity contribution in [3.05, 3.63) is 71.8 Å². The highest BCUT2D eigenvalue weighted by Crippen LogP contribution is 2.27. The van der Waals surface area contributed by atoms with Gasteiger partial charge in [0, 0.05) is 26.1 Å². The summed E-state index contributed by atoms with van der Waals surface area (Å²) in [5, 5.41) is 12.4. The van der Waals surface area contributed by atoms with Gasteiger partial charge in [-0.15, -0.1) is 0 Å². The molecule has 2 aromatic carbocycles. The minimum Gasteiger partial charge on any atom is -0.393 e. The van der Waals surface area contributed by atoms with Gasteiger partial charge in [-0.2, -0.15) is 0 Å². The molecule has 0 aliphatic heterocycles. The molecule has 1 aliphatic rings. The maximum absolute atomic E-state index is 12.4. The van der Waals surface area contributed by atoms with Gasteiger partial charge in [0.1, 0.15) is 0 Å². The molecule has 0 heterocycles. The summed E-state index contributed by atoms with van der Waals surface area (Å²) in [5.41, 5.74) is 2.39. The highest BCUT2D eigenvalue weighted by Gasteiger charge is 2.29. The Morgan fingerprint density at radius 3 is 2.08 bits per heavy atom. The number of nitrogens with one attached hydrogen (secondary N) is 1. The van der Waals surface area contributed by atoms with E-state index in [9.17, 15) is 9.90 Å². The van der Waals surface area contributed by atoms with E-state index < -0.39 is 0 Å². The lowest BCUT2D eigenvalue weighted by Gasteiger charge is -2.34. The first-order valence-electron chi connectivity index (χ1n) is 8.90. The quantitative estimate of drug-likeness (QED) is 0.850. The minimum absolute atomic E-state index is 0.0572. The van der Waals surface area contributed by atoms with Crippen LogP contribution < -0.4 is 5.32 Å². The van der Waals surface area contributed by atoms with E-state index in [0.29, 0.717) is 19.0 Å². The summed E-state index contributed by atoms with van der Waals surface area (Å²) in [5.74, 6) is 0.551. The van der Waals surface area contributed by atoms with Crippen molar-refractivity contribution in [2.75, 3.05) is 20.1 Å². The number of hydrogen-bond acceptors (Lipinski definition) is 2. The van der Waals surface area contributed by atoms with E-state index in [1.54, 1.807) is 4.90 Å². The molecule has 0 bridgehead atoms. The van der Waals surface area contributed by atoms with Gasteiger partial charge in [0.25, 0.3) is 0 Å². The molecule has 0 saturated heterocycles. The van der Waals surface area contributed by atoms with Crippen LogP contribution in [0, 0.1) is 5.92 Å². The van der Waals surface area contributed by atoms with E-state index in [0.717, 1.165) is 12.8 Å². The van der Waals surface area contributed by atoms with E-state index in [4.69, 9.17) is 0 Å². The van der Waals surface area contributed by atoms with Crippen molar-refractivity contribution in [3.63, 3.8) is 0 Å². The lowest BCUT2D eigenvalue weighted by Crippen LogP contribution is -2.44. The zero-order valence-electron chi connectivity index (χ0n) is 14.6. The van der Waals surface area contributed by atoms with Crippen LogP contribution in [0.4, 0.5) is 4.79 Å². The number of urea groups is 1. The minimum atomic E-state index is -0.179. The standard InChI is InChI=1S/C21H26N2O2/c1-23(15-16-12-19(24)13-16)21(25)22-14-20(17-8-4-2-5-9-17)18-10-6-3-7-11-18/h2-11,16,19-20,24H,12-15H2,1H3,(H,22,25). The monoisotopic (exact) mass is 338 g/mol. The largest absolute Gasteiger partial charge is 0.393 e. The van der Waals surface area contributed by atoms with Crippen LogP contribution in [0.3, 0.4) is 0 Å². The molecular formula is C21H26N2O2. The van der Waals surface area contributed by atoms with Crippen molar-refractivity contribution in [1.29, 1.82) is 0 Å². The Kier molecular flexibility index (Phi) is 5.71. The van der Waals surface area contributed by atoms with Gasteiger partial charge in [-0.25, -0.2) is 4.79 Å². The van der Waals surface area contributed by atoms with E-state index >= 15 is 0 Å². The summed E-state index contributed by atoms with van der Waals surface area (Å²) < 4.78 is 0. The summed E-state index contributed by atoms with van der Waals surface area (Å²) in [4.78, 5) is 14.1. The molecule has 0 aromatic heterocycles. The van der Waals surface area contributed by atoms with Crippen LogP contribution in [0.25, 0.3) is 0 Å². The van der Waals surface area contributed by atoms with Crippen LogP contribution in [0.15, 0.2) is 60.7 Å². The summed E-state index contributed by atoms with van der Waals surface area (Å²) in [6, 6.07) is 20.5. The molecule has 3 rings (SSSR count). The Balaban J connectivity index is 1.61. The van der Waals surface area contributed by atoms with Gasteiger partial charge in [-0.1, -0.05) is 60.7 Å². The Bertz CT molecular complexity index is 629. The average molecular weight is 338 g/mol. The fraction of sp³-hybridized carbons (Fsp3) is 0.381. The first kappa shape index (κ1) is 17.5. The van der Waals surface area contributed by atoms with E-state index in [1.165, 1.54) is 11.1 Å². The van der Waals surface area contributed by atoms with Gasteiger partial charge >= 0.3 is 6.03 Å². The molecule has 1 aliphatic carbocycles. The number of aliphatic hydroxyl groups excluding tert-OH is 1. The van der Waals surface area contributed by atoms with Gasteiger partial charge < -0.3 is 15.3 Å². The Morgan fingerprint density at radius 1 is 1.08 bits per heavy atom. The van der Waals surface area contributed by atoms with Crippen molar-refractivity contribution in [2.45, 2.75) is 24.9 Å². The maximum Gasteiger partial charge on any atom is 0.317 e. The lowest BCUT2D eigenvalue weighted by atomic mass is 9.82. The van der Waals surface area contributed by atoms with Crippen molar-refractivity contribution in [2.24, 2.45) is 5.92 Å². The van der Waals surface area contributed by atoms with Crippen molar-refractivity contribution >= 4 is 6.03 Å². The number of amides is 2. The molecule has 1 saturated carbocycles. The zero-order chi connectivity index (χ0) is 17.6. The van der Waals surface area contributed by atoms with Crippen LogP contribution in [-0.2, 0) is 0 Å². The fourth-order valence-electron chi connectivity index (χ4n) is 3.44. The summed E-state index contributed by atoms with van der Waals surface area (Å²) in [6.07, 6.45) is 1.42. The molecule has 0 spiro atoms. The highest BCUT2D eigenvalue weighted by molar-refractivity contribution is 5.74. The van der Waals surface area contributed by atoms with Crippen LogP contribution >= 0.6 is 0 Å². The van der Waals surface area contributed by atoms with Crippen LogP contribution in [0.5, 0.6) is 0 Å². The first-order valence-corrected chi connectivity index (χ1v) is 8.90. The van der Waals surface area contributed by atoms with Gasteiger partial charge in [0.2, 0.25) is 0 Å². The number of benzene rings is 2. The Labute approximate surface area is 149 Å². The third kappa shape index (κ3) is 4.60. The molecule has 0 unspecified atom stereocenters. The third-order valence-corrected chi connectivity index (χ3v) is 4.95. The molecule has 25 heavy (non-hydrogen) atoms. The molecule has 132 valence electrons. The van der Waals surface area contributed by atoms with Gasteiger partial charge in [0.15, 0.2) is 0 Å². The van der Waals surface area contributed by atoms with E-state index in [1.807, 2.05) is 43.4 Å². The average Bonchev–Trinajstić information content (AvgIpc) is 2.62. The van der Waals surface area contributed by atoms with Crippen molar-refractivity contribution in [3.8, 4) is 0 Å². The molecule has 0 atom stereocenters. The highest BCUT2D eigenvalue weighted by atomic mass is 16.3. The van der Waals surface area contributed by atoms with Crippen LogP contribution in [0.2, 0.25) is 0 Å². The van der Waals surface area contributed by atoms with Crippen molar-refractivity contribution in [1.82, 2.24) is 10.2 Å². The van der Waals surface area contributed by atoms with Gasteiger partial charge in [0.05, 0.1) is 6.10 Å². The summed E-state index contributed by atoms with van der Waals surface area (Å²) >= 11 is 0. The summed E-state index contributed by atoms with van der Waals surface area (Å²) in [7, 11) is 1.82. The molecule has 4 nitrogen and oxygen atoms in total. The lowest BCUT2D eigenvalue weighted by molar-refractivity contribution is 0.0325. The Morgan fingerprint density at radius 2 is 1.60 bits per heavy atom. The van der Waals surface area contributed by atoms with Gasteiger partial charge in [-0.3, -0.25) is 0 Å². The third-order valence-electron chi connectivity index (χ3n) is 4.95. The number of aliphatic hydroxyl groups is 1. The zero-order valence-corrected chi connectivity index (χ0v) is 14.6. The molecule has 1 fully saturated rings. The fourth-order valence-corrected chi connectivity index (χ4v) is 3.44.